The van der Waals surface area contributed by atoms with Crippen LogP contribution in [0.15, 0.2) is 97.6 Å². The third kappa shape index (κ3) is 12.9. The molecule has 6 rings (SSSR count). The van der Waals surface area contributed by atoms with Crippen LogP contribution in [0.2, 0.25) is 0 Å². The lowest BCUT2D eigenvalue weighted by Crippen LogP contribution is -2.75. The van der Waals surface area contributed by atoms with Crippen molar-refractivity contribution < 1.29 is 115 Å². The minimum absolute atomic E-state index is 0.404. The molecule has 1 saturated carbocycles. The van der Waals surface area contributed by atoms with Crippen molar-refractivity contribution in [1.29, 1.82) is 0 Å². The summed E-state index contributed by atoms with van der Waals surface area (Å²) >= 11 is 0. The zero-order chi connectivity index (χ0) is 52.8. The van der Waals surface area contributed by atoms with E-state index in [0.29, 0.717) is 6.10 Å². The molecule has 0 spiro atoms. The maximum Gasteiger partial charge on any atom is 0.416 e. The minimum Gasteiger partial charge on any atom is -0.268 e. The van der Waals surface area contributed by atoms with E-state index in [1.165, 1.54) is 32.1 Å². The first-order valence-corrected chi connectivity index (χ1v) is 19.6. The summed E-state index contributed by atoms with van der Waals surface area (Å²) in [5, 5.41) is 0. The van der Waals surface area contributed by atoms with Gasteiger partial charge in [-0.25, -0.2) is 0 Å². The number of hydrogen-bond acceptors (Lipinski definition) is 2. The Labute approximate surface area is 377 Å². The summed E-state index contributed by atoms with van der Waals surface area (Å²) in [7, 11) is 0. The molecule has 1 aromatic heterocycles. The van der Waals surface area contributed by atoms with E-state index >= 15 is 0 Å². The monoisotopic (exact) mass is 1040 g/mol. The van der Waals surface area contributed by atoms with Gasteiger partial charge in [0, 0.05) is 4.73 Å². The van der Waals surface area contributed by atoms with Crippen LogP contribution in [0.5, 0.6) is 0 Å². The van der Waals surface area contributed by atoms with Crippen LogP contribution in [0.3, 0.4) is 0 Å². The molecule has 4 aromatic carbocycles. The molecule has 1 aliphatic rings. The number of benzene rings is 4. The lowest BCUT2D eigenvalue weighted by Gasteiger charge is -2.46. The summed E-state index contributed by atoms with van der Waals surface area (Å²) in [6, 6.07) is -8.81. The Kier molecular flexibility index (Phi) is 15.0. The Bertz CT molecular complexity index is 2180. The number of nitrogens with zero attached hydrogens (tertiary/aromatic N) is 2. The third-order valence-corrected chi connectivity index (χ3v) is 10.9. The molecule has 0 N–H and O–H groups in total. The number of aromatic nitrogens is 2. The fourth-order valence-electron chi connectivity index (χ4n) is 7.79. The Morgan fingerprint density at radius 1 is 0.343 bits per heavy atom. The first-order chi connectivity index (χ1) is 31.7. The van der Waals surface area contributed by atoms with Gasteiger partial charge in [-0.1, -0.05) is 55.0 Å². The first kappa shape index (κ1) is 55.1. The van der Waals surface area contributed by atoms with E-state index in [-0.39, 0.29) is 0 Å². The van der Waals surface area contributed by atoms with Crippen LogP contribution in [-0.4, -0.2) is 17.2 Å². The standard InChI is InChI=1S/C32H12BF24.C10H15N2O/c34-25(35,36)13-1-14(26(37,38)39)6-21(5-13)33(22-7-15(27(40,41)42)2-16(8-22)28(43,44)45,23-9-17(29(46,47)48)3-18(10-23)30(49,50)51)24-11-19(31(52,53)54)4-20(12-24)32(55,56)57;1-2-4-10(5-3-1)13-12-8-6-11-7-9-12/h1-12H;6-10H,1-5H2/q-1;+1. The van der Waals surface area contributed by atoms with E-state index in [9.17, 15) is 105 Å². The van der Waals surface area contributed by atoms with E-state index < -0.39 is 195 Å². The summed E-state index contributed by atoms with van der Waals surface area (Å²) in [6.07, 6.45) is -40.9. The van der Waals surface area contributed by atoms with Gasteiger partial charge in [0.2, 0.25) is 12.4 Å². The predicted octanol–water partition coefficient (Wildman–Crippen LogP) is 12.3. The highest BCUT2D eigenvalue weighted by molar-refractivity contribution is 7.20. The van der Waals surface area contributed by atoms with Crippen molar-refractivity contribution in [2.24, 2.45) is 0 Å². The van der Waals surface area contributed by atoms with E-state index in [2.05, 4.69) is 4.98 Å². The molecule has 1 heterocycles. The van der Waals surface area contributed by atoms with E-state index in [1.54, 1.807) is 17.1 Å². The fourth-order valence-corrected chi connectivity index (χ4v) is 7.79. The Morgan fingerprint density at radius 2 is 0.557 bits per heavy atom. The molecular formula is C42H27BF24N2O. The van der Waals surface area contributed by atoms with Crippen LogP contribution < -0.4 is 31.4 Å². The second-order valence-corrected chi connectivity index (χ2v) is 15.7. The summed E-state index contributed by atoms with van der Waals surface area (Å²) < 4.78 is 343. The van der Waals surface area contributed by atoms with E-state index in [0.717, 1.165) is 0 Å². The molecule has 1 fully saturated rings. The normalized spacial score (nSPS) is 15.1. The van der Waals surface area contributed by atoms with Crippen molar-refractivity contribution in [3.63, 3.8) is 0 Å². The molecule has 5 aromatic rings. The maximum absolute atomic E-state index is 14.2. The molecule has 0 amide bonds. The molecule has 70 heavy (non-hydrogen) atoms. The quantitative estimate of drug-likeness (QED) is 0.0962. The smallest absolute Gasteiger partial charge is 0.268 e. The Morgan fingerprint density at radius 3 is 0.757 bits per heavy atom. The molecule has 0 bridgehead atoms. The van der Waals surface area contributed by atoms with Crippen molar-refractivity contribution in [2.45, 2.75) is 87.6 Å². The van der Waals surface area contributed by atoms with Gasteiger partial charge >= 0.3 is 49.4 Å². The summed E-state index contributed by atoms with van der Waals surface area (Å²) in [5.74, 6) is 0. The van der Waals surface area contributed by atoms with Gasteiger partial charge in [-0.2, -0.15) is 127 Å². The van der Waals surface area contributed by atoms with Crippen LogP contribution in [0.25, 0.3) is 0 Å². The third-order valence-electron chi connectivity index (χ3n) is 10.9. The first-order valence-electron chi connectivity index (χ1n) is 19.6. The molecule has 3 nitrogen and oxygen atoms in total. The fraction of sp³-hybridized carbons (Fsp3) is 0.333. The summed E-state index contributed by atoms with van der Waals surface area (Å²) in [4.78, 5) is 9.67. The van der Waals surface area contributed by atoms with Gasteiger partial charge < -0.3 is 0 Å². The van der Waals surface area contributed by atoms with Gasteiger partial charge in [0.25, 0.3) is 0 Å². The van der Waals surface area contributed by atoms with Crippen molar-refractivity contribution in [1.82, 2.24) is 4.98 Å². The Hall–Kier alpha value is -5.86. The SMILES string of the molecule is FC(F)(F)c1cc([B-](c2cc(C(F)(F)F)cc(C(F)(F)F)c2)(c2cc(C(F)(F)F)cc(C(F)(F)F)c2)c2cc(C(F)(F)F)cc(C(F)(F)F)c2)cc(C(F)(F)F)c1.c1c[n+](OC2CCCCC2)ccn1. The molecule has 0 radical (unpaired) electrons. The zero-order valence-corrected chi connectivity index (χ0v) is 34.3. The largest absolute Gasteiger partial charge is 0.416 e. The molecule has 0 atom stereocenters. The predicted molar refractivity (Wildman–Crippen MR) is 198 cm³/mol. The maximum atomic E-state index is 14.2. The van der Waals surface area contributed by atoms with Crippen molar-refractivity contribution in [3.05, 3.63) is 142 Å². The van der Waals surface area contributed by atoms with Gasteiger partial charge in [-0.15, -0.1) is 0 Å². The van der Waals surface area contributed by atoms with Gasteiger partial charge in [0.1, 0.15) is 6.15 Å². The zero-order valence-electron chi connectivity index (χ0n) is 34.3. The molecule has 0 unspecified atom stereocenters. The summed E-state index contributed by atoms with van der Waals surface area (Å²) in [6.45, 7) is 0. The molecule has 382 valence electrons. The lowest BCUT2D eigenvalue weighted by atomic mass is 9.12. The highest BCUT2D eigenvalue weighted by atomic mass is 19.4. The molecule has 0 aliphatic heterocycles. The van der Waals surface area contributed by atoms with Crippen LogP contribution in [0.4, 0.5) is 105 Å². The highest BCUT2D eigenvalue weighted by Crippen LogP contribution is 2.41. The molecule has 28 heteroatoms. The van der Waals surface area contributed by atoms with Gasteiger partial charge in [0.05, 0.1) is 56.9 Å². The van der Waals surface area contributed by atoms with Crippen LogP contribution in [0, 0.1) is 0 Å². The minimum atomic E-state index is -6.13. The summed E-state index contributed by atoms with van der Waals surface area (Å²) in [5.41, 5.74) is -30.2. The average molecular weight is 1040 g/mol. The highest BCUT2D eigenvalue weighted by Gasteiger charge is 2.47. The molecule has 1 aliphatic carbocycles. The van der Waals surface area contributed by atoms with Crippen molar-refractivity contribution in [3.8, 4) is 0 Å². The lowest BCUT2D eigenvalue weighted by molar-refractivity contribution is -0.899. The number of rotatable bonds is 6. The van der Waals surface area contributed by atoms with Gasteiger partial charge in [0.15, 0.2) is 6.10 Å². The number of hydrogen-bond donors (Lipinski definition) is 0. The molecular weight excluding hydrogens is 1020 g/mol. The van der Waals surface area contributed by atoms with Gasteiger partial charge in [-0.05, 0) is 49.9 Å². The topological polar surface area (TPSA) is 26.0 Å². The van der Waals surface area contributed by atoms with E-state index in [1.807, 2.05) is 12.4 Å². The average Bonchev–Trinajstić information content (AvgIpc) is 3.22. The van der Waals surface area contributed by atoms with Crippen LogP contribution in [0.1, 0.15) is 76.6 Å². The van der Waals surface area contributed by atoms with Crippen LogP contribution >= 0.6 is 0 Å². The number of halogens is 24. The second kappa shape index (κ2) is 19.0. The van der Waals surface area contributed by atoms with E-state index in [4.69, 9.17) is 4.84 Å². The van der Waals surface area contributed by atoms with Gasteiger partial charge in [-0.3, -0.25) is 9.82 Å². The molecule has 0 saturated heterocycles. The van der Waals surface area contributed by atoms with Crippen LogP contribution in [-0.2, 0) is 49.4 Å². The number of alkyl halides is 24. The van der Waals surface area contributed by atoms with Crippen molar-refractivity contribution in [2.75, 3.05) is 0 Å². The Balaban J connectivity index is 0.000000600. The van der Waals surface area contributed by atoms with Crippen molar-refractivity contribution >= 4 is 28.0 Å². The second-order valence-electron chi connectivity index (χ2n) is 15.7.